The molecule has 5 heteroatoms. The maximum absolute atomic E-state index is 12.5. The van der Waals surface area contributed by atoms with Gasteiger partial charge in [0.2, 0.25) is 0 Å². The summed E-state index contributed by atoms with van der Waals surface area (Å²) in [4.78, 5) is 24.9. The van der Waals surface area contributed by atoms with Crippen LogP contribution in [0.1, 0.15) is 201 Å². The Bertz CT molecular complexity index is 915. The van der Waals surface area contributed by atoms with Crippen molar-refractivity contribution in [1.29, 1.82) is 0 Å². The van der Waals surface area contributed by atoms with Crippen LogP contribution >= 0.6 is 0 Å². The van der Waals surface area contributed by atoms with E-state index in [0.717, 1.165) is 64.2 Å². The monoisotopic (exact) mass is 727 g/mol. The largest absolute Gasteiger partial charge is 0.461 e. The molecule has 0 aromatic heterocycles. The lowest BCUT2D eigenvalue weighted by atomic mass is 10.0. The van der Waals surface area contributed by atoms with Crippen molar-refractivity contribution in [3.8, 4) is 0 Å². The zero-order valence-electron chi connectivity index (χ0n) is 34.3. The highest BCUT2D eigenvalue weighted by Gasteiger charge is 2.17. The Labute approximate surface area is 322 Å². The molecule has 0 saturated carbocycles. The molecule has 1 atom stereocenters. The van der Waals surface area contributed by atoms with Crippen LogP contribution in [0.4, 0.5) is 0 Å². The van der Waals surface area contributed by atoms with Crippen LogP contribution in [0.3, 0.4) is 0 Å². The van der Waals surface area contributed by atoms with Crippen LogP contribution < -0.4 is 0 Å². The molecule has 0 aliphatic rings. The minimum Gasteiger partial charge on any atom is -0.461 e. The summed E-state index contributed by atoms with van der Waals surface area (Å²) < 4.78 is 17.1. The molecule has 5 nitrogen and oxygen atoms in total. The first-order valence-corrected chi connectivity index (χ1v) is 21.8. The molecule has 0 spiro atoms. The van der Waals surface area contributed by atoms with Gasteiger partial charge in [-0.1, -0.05) is 204 Å². The van der Waals surface area contributed by atoms with Gasteiger partial charge in [0.05, 0.1) is 13.0 Å². The highest BCUT2D eigenvalue weighted by Crippen LogP contribution is 2.14. The van der Waals surface area contributed by atoms with Crippen molar-refractivity contribution in [2.45, 2.75) is 207 Å². The molecule has 0 amide bonds. The average Bonchev–Trinajstić information content (AvgIpc) is 3.14. The fourth-order valence-electron chi connectivity index (χ4n) is 5.88. The highest BCUT2D eigenvalue weighted by molar-refractivity contribution is 5.71. The second-order valence-corrected chi connectivity index (χ2v) is 14.2. The first kappa shape index (κ1) is 49.6. The molecule has 0 heterocycles. The van der Waals surface area contributed by atoms with Crippen molar-refractivity contribution in [3.05, 3.63) is 60.8 Å². The Morgan fingerprint density at radius 3 is 1.31 bits per heavy atom. The van der Waals surface area contributed by atoms with Crippen LogP contribution in [0.15, 0.2) is 60.8 Å². The molecule has 0 rings (SSSR count). The summed E-state index contributed by atoms with van der Waals surface area (Å²) in [6.07, 6.45) is 52.7. The molecule has 1 unspecified atom stereocenters. The van der Waals surface area contributed by atoms with Gasteiger partial charge in [-0.2, -0.15) is 0 Å². The predicted molar refractivity (Wildman–Crippen MR) is 224 cm³/mol. The van der Waals surface area contributed by atoms with E-state index in [1.54, 1.807) is 0 Å². The molecule has 0 N–H and O–H groups in total. The number of allylic oxidation sites excluding steroid dienone is 9. The molecule has 0 saturated heterocycles. The summed E-state index contributed by atoms with van der Waals surface area (Å²) in [6.45, 7) is 7.54. The minimum atomic E-state index is -0.568. The number of carbonyl (C=O) groups excluding carboxylic acids is 2. The van der Waals surface area contributed by atoms with E-state index in [4.69, 9.17) is 14.2 Å². The van der Waals surface area contributed by atoms with Crippen molar-refractivity contribution < 1.29 is 23.8 Å². The fourth-order valence-corrected chi connectivity index (χ4v) is 5.88. The molecular formula is C47H82O5. The van der Waals surface area contributed by atoms with Crippen LogP contribution in [0.2, 0.25) is 0 Å². The van der Waals surface area contributed by atoms with Gasteiger partial charge in [-0.15, -0.1) is 0 Å². The number of carbonyl (C=O) groups is 2. The van der Waals surface area contributed by atoms with Gasteiger partial charge < -0.3 is 14.2 Å². The number of ether oxygens (including phenoxy) is 3. The van der Waals surface area contributed by atoms with Gasteiger partial charge in [0.25, 0.3) is 0 Å². The first-order chi connectivity index (χ1) is 25.6. The molecule has 52 heavy (non-hydrogen) atoms. The van der Waals surface area contributed by atoms with Crippen molar-refractivity contribution in [3.63, 3.8) is 0 Å². The smallest absolute Gasteiger partial charge is 0.309 e. The molecule has 0 aliphatic heterocycles. The third kappa shape index (κ3) is 40.4. The number of esters is 2. The second-order valence-electron chi connectivity index (χ2n) is 14.2. The number of hydrogen-bond acceptors (Lipinski definition) is 5. The quantitative estimate of drug-likeness (QED) is 0.0358. The number of hydrogen-bond donors (Lipinski definition) is 0. The Morgan fingerprint density at radius 1 is 0.442 bits per heavy atom. The van der Waals surface area contributed by atoms with Gasteiger partial charge in [-0.25, -0.2) is 0 Å². The number of unbranched alkanes of at least 4 members (excludes halogenated alkanes) is 19. The Hall–Kier alpha value is -2.40. The maximum Gasteiger partial charge on any atom is 0.309 e. The average molecular weight is 727 g/mol. The van der Waals surface area contributed by atoms with Crippen molar-refractivity contribution in [1.82, 2.24) is 0 Å². The van der Waals surface area contributed by atoms with Gasteiger partial charge in [-0.05, 0) is 44.9 Å². The van der Waals surface area contributed by atoms with Gasteiger partial charge in [0.1, 0.15) is 6.61 Å². The summed E-state index contributed by atoms with van der Waals surface area (Å²) in [5.41, 5.74) is 0. The molecule has 0 aliphatic carbocycles. The van der Waals surface area contributed by atoms with Crippen molar-refractivity contribution in [2.24, 2.45) is 0 Å². The second kappa shape index (κ2) is 43.0. The highest BCUT2D eigenvalue weighted by atomic mass is 16.6. The van der Waals surface area contributed by atoms with Crippen LogP contribution in [0.25, 0.3) is 0 Å². The molecule has 0 aromatic carbocycles. The molecule has 0 fully saturated rings. The van der Waals surface area contributed by atoms with Gasteiger partial charge in [-0.3, -0.25) is 9.59 Å². The predicted octanol–water partition coefficient (Wildman–Crippen LogP) is 14.2. The number of rotatable bonds is 39. The van der Waals surface area contributed by atoms with Crippen molar-refractivity contribution >= 4 is 11.9 Å². The maximum atomic E-state index is 12.5. The van der Waals surface area contributed by atoms with Crippen LogP contribution in [-0.4, -0.2) is 37.9 Å². The topological polar surface area (TPSA) is 61.8 Å². The molecule has 0 bridgehead atoms. The molecule has 300 valence electrons. The van der Waals surface area contributed by atoms with Gasteiger partial charge in [0.15, 0.2) is 6.10 Å². The Balaban J connectivity index is 4.18. The standard InChI is InChI=1S/C47H82O5/c1-4-7-10-13-15-17-19-21-23-25-27-29-31-33-36-39-42-50-43-45(52-47(49)41-38-34-12-9-6-3)44-51-46(48)40-37-35-32-30-28-26-24-22-20-18-16-14-11-8-5-2/h8,11,16,18,22,24,28,30,35,37,45H,4-7,9-10,12-15,17,19-21,23,25-27,29,31-34,36,38-44H2,1-3H3/b11-8-,18-16-,24-22-,30-28-,37-35-. The van der Waals surface area contributed by atoms with E-state index in [1.165, 1.54) is 103 Å². The minimum absolute atomic E-state index is 0.0318. The van der Waals surface area contributed by atoms with Crippen LogP contribution in [0.5, 0.6) is 0 Å². The van der Waals surface area contributed by atoms with E-state index >= 15 is 0 Å². The normalized spacial score (nSPS) is 12.8. The van der Waals surface area contributed by atoms with Gasteiger partial charge >= 0.3 is 11.9 Å². The summed E-state index contributed by atoms with van der Waals surface area (Å²) >= 11 is 0. The van der Waals surface area contributed by atoms with Crippen LogP contribution in [0, 0.1) is 0 Å². The zero-order valence-corrected chi connectivity index (χ0v) is 34.3. The lowest BCUT2D eigenvalue weighted by molar-refractivity contribution is -0.162. The van der Waals surface area contributed by atoms with E-state index in [0.29, 0.717) is 13.0 Å². The molecular weight excluding hydrogens is 645 g/mol. The Morgan fingerprint density at radius 2 is 0.846 bits per heavy atom. The van der Waals surface area contributed by atoms with E-state index in [1.807, 2.05) is 12.2 Å². The molecule has 0 radical (unpaired) electrons. The van der Waals surface area contributed by atoms with E-state index in [-0.39, 0.29) is 31.6 Å². The van der Waals surface area contributed by atoms with E-state index in [9.17, 15) is 9.59 Å². The third-order valence-corrected chi connectivity index (χ3v) is 9.10. The van der Waals surface area contributed by atoms with E-state index < -0.39 is 6.10 Å². The summed E-state index contributed by atoms with van der Waals surface area (Å²) in [5, 5.41) is 0. The summed E-state index contributed by atoms with van der Waals surface area (Å²) in [6, 6.07) is 0. The van der Waals surface area contributed by atoms with Crippen LogP contribution in [-0.2, 0) is 23.8 Å². The first-order valence-electron chi connectivity index (χ1n) is 21.8. The zero-order chi connectivity index (χ0) is 37.8. The van der Waals surface area contributed by atoms with Gasteiger partial charge in [0, 0.05) is 13.0 Å². The summed E-state index contributed by atoms with van der Waals surface area (Å²) in [7, 11) is 0. The SMILES string of the molecule is CC/C=C\C/C=C\C/C=C\C/C=C\C/C=C\CC(=O)OCC(COCCCCCCCCCCCCCCCCCC)OC(=O)CCCCCCC. The molecule has 0 aromatic rings. The third-order valence-electron chi connectivity index (χ3n) is 9.10. The fraction of sp³-hybridized carbons (Fsp3) is 0.745. The lowest BCUT2D eigenvalue weighted by Gasteiger charge is -2.18. The van der Waals surface area contributed by atoms with E-state index in [2.05, 4.69) is 69.4 Å². The van der Waals surface area contributed by atoms with Crippen molar-refractivity contribution in [2.75, 3.05) is 19.8 Å². The Kier molecular flexibility index (Phi) is 41.0. The lowest BCUT2D eigenvalue weighted by Crippen LogP contribution is -2.30. The summed E-state index contributed by atoms with van der Waals surface area (Å²) in [5.74, 6) is -0.554.